The van der Waals surface area contributed by atoms with Gasteiger partial charge in [-0.2, -0.15) is 9.40 Å². The molecule has 24 heavy (non-hydrogen) atoms. The lowest BCUT2D eigenvalue weighted by atomic mass is 10.1. The van der Waals surface area contributed by atoms with Crippen molar-refractivity contribution in [3.05, 3.63) is 40.7 Å². The van der Waals surface area contributed by atoms with Gasteiger partial charge in [-0.25, -0.2) is 13.1 Å². The number of hydrogen-bond donors (Lipinski definition) is 0. The van der Waals surface area contributed by atoms with Crippen molar-refractivity contribution < 1.29 is 8.42 Å². The molecule has 1 aliphatic heterocycles. The number of aryl methyl sites for hydroxylation is 1. The minimum absolute atomic E-state index is 0.0291. The van der Waals surface area contributed by atoms with Crippen molar-refractivity contribution in [3.63, 3.8) is 0 Å². The Labute approximate surface area is 148 Å². The van der Waals surface area contributed by atoms with E-state index in [1.165, 1.54) is 0 Å². The predicted octanol–water partition coefficient (Wildman–Crippen LogP) is 3.71. The van der Waals surface area contributed by atoms with Crippen LogP contribution in [0.15, 0.2) is 29.2 Å². The van der Waals surface area contributed by atoms with E-state index in [-0.39, 0.29) is 6.04 Å². The summed E-state index contributed by atoms with van der Waals surface area (Å²) >= 11 is 5.93. The molecule has 1 saturated heterocycles. The predicted molar refractivity (Wildman–Crippen MR) is 95.3 cm³/mol. The minimum Gasteiger partial charge on any atom is -0.236 e. The van der Waals surface area contributed by atoms with Gasteiger partial charge < -0.3 is 0 Å². The van der Waals surface area contributed by atoms with E-state index in [2.05, 4.69) is 5.10 Å². The molecule has 130 valence electrons. The van der Waals surface area contributed by atoms with Crippen LogP contribution in [0.3, 0.4) is 0 Å². The lowest BCUT2D eigenvalue weighted by Crippen LogP contribution is -2.42. The second-order valence-corrected chi connectivity index (χ2v) is 8.61. The van der Waals surface area contributed by atoms with E-state index in [0.29, 0.717) is 27.9 Å². The van der Waals surface area contributed by atoms with Gasteiger partial charge in [0.1, 0.15) is 4.90 Å². The van der Waals surface area contributed by atoms with E-state index in [0.717, 1.165) is 24.9 Å². The zero-order chi connectivity index (χ0) is 17.5. The van der Waals surface area contributed by atoms with Gasteiger partial charge in [-0.05, 0) is 57.9 Å². The van der Waals surface area contributed by atoms with Gasteiger partial charge in [0.25, 0.3) is 0 Å². The lowest BCUT2D eigenvalue weighted by molar-refractivity contribution is 0.268. The monoisotopic (exact) mass is 367 g/mol. The molecule has 0 radical (unpaired) electrons. The Morgan fingerprint density at radius 3 is 2.46 bits per heavy atom. The highest BCUT2D eigenvalue weighted by Gasteiger charge is 2.35. The Bertz CT molecular complexity index is 843. The molecule has 5 nitrogen and oxygen atoms in total. The Kier molecular flexibility index (Phi) is 4.73. The zero-order valence-corrected chi connectivity index (χ0v) is 15.7. The van der Waals surface area contributed by atoms with Crippen LogP contribution in [0.25, 0.3) is 5.69 Å². The van der Waals surface area contributed by atoms with E-state index in [4.69, 9.17) is 11.6 Å². The van der Waals surface area contributed by atoms with Crippen LogP contribution < -0.4 is 0 Å². The summed E-state index contributed by atoms with van der Waals surface area (Å²) in [6.07, 6.45) is 2.89. The van der Waals surface area contributed by atoms with Gasteiger partial charge >= 0.3 is 0 Å². The van der Waals surface area contributed by atoms with E-state index >= 15 is 0 Å². The number of aromatic nitrogens is 2. The maximum absolute atomic E-state index is 13.2. The smallest absolute Gasteiger partial charge is 0.236 e. The summed E-state index contributed by atoms with van der Waals surface area (Å²) in [6.45, 7) is 6.11. The Morgan fingerprint density at radius 2 is 1.83 bits per heavy atom. The van der Waals surface area contributed by atoms with Crippen LogP contribution in [0.5, 0.6) is 0 Å². The molecular formula is C17H22ClN3O2S. The average molecular weight is 368 g/mol. The van der Waals surface area contributed by atoms with Crippen LogP contribution in [0.4, 0.5) is 0 Å². The number of piperidine rings is 1. The summed E-state index contributed by atoms with van der Waals surface area (Å²) in [6, 6.07) is 7.24. The summed E-state index contributed by atoms with van der Waals surface area (Å²) < 4.78 is 29.7. The Hall–Kier alpha value is -1.37. The van der Waals surface area contributed by atoms with Gasteiger partial charge in [0.15, 0.2) is 0 Å². The summed E-state index contributed by atoms with van der Waals surface area (Å²) in [7, 11) is -3.54. The molecule has 1 fully saturated rings. The molecule has 3 rings (SSSR count). The molecule has 1 atom stereocenters. The fourth-order valence-electron chi connectivity index (χ4n) is 3.38. The second kappa shape index (κ2) is 6.50. The minimum atomic E-state index is -3.54. The fourth-order valence-corrected chi connectivity index (χ4v) is 5.56. The van der Waals surface area contributed by atoms with Crippen molar-refractivity contribution in [2.75, 3.05) is 6.54 Å². The van der Waals surface area contributed by atoms with Gasteiger partial charge in [-0.3, -0.25) is 0 Å². The number of sulfonamides is 1. The van der Waals surface area contributed by atoms with Crippen LogP contribution in [-0.2, 0) is 10.0 Å². The molecule has 0 aliphatic carbocycles. The van der Waals surface area contributed by atoms with Crippen molar-refractivity contribution in [2.45, 2.75) is 51.0 Å². The summed E-state index contributed by atoms with van der Waals surface area (Å²) in [5.41, 5.74) is 1.96. The van der Waals surface area contributed by atoms with Gasteiger partial charge in [0.2, 0.25) is 10.0 Å². The van der Waals surface area contributed by atoms with Crippen molar-refractivity contribution in [1.29, 1.82) is 0 Å². The third-order valence-electron chi connectivity index (χ3n) is 4.60. The molecule has 0 N–H and O–H groups in total. The maximum Gasteiger partial charge on any atom is 0.246 e. The van der Waals surface area contributed by atoms with E-state index < -0.39 is 10.0 Å². The quantitative estimate of drug-likeness (QED) is 0.831. The van der Waals surface area contributed by atoms with Crippen LogP contribution in [0.2, 0.25) is 5.02 Å². The number of halogens is 1. The number of benzene rings is 1. The van der Waals surface area contributed by atoms with Crippen LogP contribution >= 0.6 is 11.6 Å². The molecule has 1 aromatic carbocycles. The highest BCUT2D eigenvalue weighted by molar-refractivity contribution is 7.89. The zero-order valence-electron chi connectivity index (χ0n) is 14.2. The molecule has 7 heteroatoms. The summed E-state index contributed by atoms with van der Waals surface area (Å²) in [5.74, 6) is 0. The first-order chi connectivity index (χ1) is 11.3. The van der Waals surface area contributed by atoms with Gasteiger partial charge in [-0.15, -0.1) is 0 Å². The number of nitrogens with zero attached hydrogens (tertiary/aromatic N) is 3. The molecule has 1 aliphatic rings. The van der Waals surface area contributed by atoms with Crippen LogP contribution in [0, 0.1) is 13.8 Å². The summed E-state index contributed by atoms with van der Waals surface area (Å²) in [4.78, 5) is 0.325. The average Bonchev–Trinajstić information content (AvgIpc) is 2.83. The number of rotatable bonds is 3. The molecule has 0 bridgehead atoms. The second-order valence-electron chi connectivity index (χ2n) is 6.35. The van der Waals surface area contributed by atoms with Gasteiger partial charge in [0.05, 0.1) is 17.1 Å². The standard InChI is InChI=1S/C17H22ClN3O2S/c1-12-6-4-5-11-20(12)24(22,23)17-13(2)19-21(14(17)3)16-9-7-15(18)8-10-16/h7-10,12H,4-6,11H2,1-3H3. The molecule has 2 aromatic rings. The van der Waals surface area contributed by atoms with E-state index in [1.54, 1.807) is 35.0 Å². The van der Waals surface area contributed by atoms with Crippen molar-refractivity contribution >= 4 is 21.6 Å². The van der Waals surface area contributed by atoms with Crippen LogP contribution in [0.1, 0.15) is 37.6 Å². The molecular weight excluding hydrogens is 346 g/mol. The lowest BCUT2D eigenvalue weighted by Gasteiger charge is -2.32. The third kappa shape index (κ3) is 2.98. The largest absolute Gasteiger partial charge is 0.246 e. The van der Waals surface area contributed by atoms with Crippen LogP contribution in [-0.4, -0.2) is 35.1 Å². The van der Waals surface area contributed by atoms with Crippen molar-refractivity contribution in [2.24, 2.45) is 0 Å². The topological polar surface area (TPSA) is 55.2 Å². The first kappa shape index (κ1) is 17.5. The molecule has 0 saturated carbocycles. The first-order valence-corrected chi connectivity index (χ1v) is 9.98. The molecule has 0 amide bonds. The fraction of sp³-hybridized carbons (Fsp3) is 0.471. The highest BCUT2D eigenvalue weighted by Crippen LogP contribution is 2.30. The normalized spacial score (nSPS) is 19.6. The van der Waals surface area contributed by atoms with Gasteiger partial charge in [0, 0.05) is 17.6 Å². The molecule has 1 aromatic heterocycles. The van der Waals surface area contributed by atoms with E-state index in [9.17, 15) is 8.42 Å². The first-order valence-electron chi connectivity index (χ1n) is 8.16. The van der Waals surface area contributed by atoms with Crippen molar-refractivity contribution in [3.8, 4) is 5.69 Å². The molecule has 1 unspecified atom stereocenters. The Balaban J connectivity index is 2.07. The molecule has 0 spiro atoms. The number of hydrogen-bond acceptors (Lipinski definition) is 3. The highest BCUT2D eigenvalue weighted by atomic mass is 35.5. The maximum atomic E-state index is 13.2. The SMILES string of the molecule is Cc1nn(-c2ccc(Cl)cc2)c(C)c1S(=O)(=O)N1CCCCC1C. The van der Waals surface area contributed by atoms with E-state index in [1.807, 2.05) is 19.1 Å². The van der Waals surface area contributed by atoms with Gasteiger partial charge in [-0.1, -0.05) is 18.0 Å². The van der Waals surface area contributed by atoms with Crippen molar-refractivity contribution in [1.82, 2.24) is 14.1 Å². The summed E-state index contributed by atoms with van der Waals surface area (Å²) in [5, 5.41) is 5.10. The third-order valence-corrected chi connectivity index (χ3v) is 7.12. The Morgan fingerprint density at radius 1 is 1.17 bits per heavy atom. The molecule has 2 heterocycles.